The Morgan fingerprint density at radius 2 is 2.46 bits per heavy atom. The maximum atomic E-state index is 10.7. The monoisotopic (exact) mass is 180 g/mol. The molecule has 0 spiro atoms. The largest absolute Gasteiger partial charge is 0.481 e. The summed E-state index contributed by atoms with van der Waals surface area (Å²) in [5.74, 6) is -0.0890. The molecule has 1 heterocycles. The molecule has 1 aromatic rings. The van der Waals surface area contributed by atoms with Crippen molar-refractivity contribution in [2.24, 2.45) is 5.92 Å². The number of aryl methyl sites for hydroxylation is 1. The number of carboxylic acids is 1. The Morgan fingerprint density at radius 3 is 3.15 bits per heavy atom. The third-order valence-electron chi connectivity index (χ3n) is 2.71. The lowest BCUT2D eigenvalue weighted by molar-refractivity contribution is -0.142. The van der Waals surface area contributed by atoms with Gasteiger partial charge in [-0.1, -0.05) is 0 Å². The number of hydrogen-bond donors (Lipinski definition) is 1. The summed E-state index contributed by atoms with van der Waals surface area (Å²) in [6.45, 7) is 2.00. The van der Waals surface area contributed by atoms with Crippen LogP contribution < -0.4 is 0 Å². The average Bonchev–Trinajstić information content (AvgIpc) is 2.47. The first-order chi connectivity index (χ1) is 6.18. The lowest BCUT2D eigenvalue weighted by atomic mass is 9.87. The normalized spacial score (nSPS) is 21.2. The van der Waals surface area contributed by atoms with E-state index in [1.807, 2.05) is 6.92 Å². The van der Waals surface area contributed by atoms with Crippen molar-refractivity contribution in [1.29, 1.82) is 0 Å². The second-order valence-electron chi connectivity index (χ2n) is 3.60. The van der Waals surface area contributed by atoms with Crippen molar-refractivity contribution in [1.82, 2.24) is 0 Å². The minimum Gasteiger partial charge on any atom is -0.481 e. The molecule has 1 atom stereocenters. The summed E-state index contributed by atoms with van der Waals surface area (Å²) < 4.78 is 5.30. The first-order valence-corrected chi connectivity index (χ1v) is 4.47. The zero-order chi connectivity index (χ0) is 9.42. The van der Waals surface area contributed by atoms with Crippen LogP contribution in [0.15, 0.2) is 10.7 Å². The molecule has 1 unspecified atom stereocenters. The van der Waals surface area contributed by atoms with Crippen molar-refractivity contribution >= 4 is 5.97 Å². The van der Waals surface area contributed by atoms with Gasteiger partial charge in [0.1, 0.15) is 5.76 Å². The predicted molar refractivity (Wildman–Crippen MR) is 46.6 cm³/mol. The van der Waals surface area contributed by atoms with E-state index in [-0.39, 0.29) is 5.92 Å². The van der Waals surface area contributed by atoms with E-state index in [1.165, 1.54) is 5.56 Å². The molecule has 2 rings (SSSR count). The number of rotatable bonds is 1. The SMILES string of the molecule is Cc1coc2c1CCC(C(=O)O)C2. The zero-order valence-electron chi connectivity index (χ0n) is 7.54. The minimum atomic E-state index is -0.709. The number of aliphatic carboxylic acids is 1. The van der Waals surface area contributed by atoms with Crippen LogP contribution >= 0.6 is 0 Å². The van der Waals surface area contributed by atoms with Gasteiger partial charge in [0.25, 0.3) is 0 Å². The molecular formula is C10H12O3. The van der Waals surface area contributed by atoms with Gasteiger partial charge in [0, 0.05) is 6.42 Å². The van der Waals surface area contributed by atoms with Crippen LogP contribution in [-0.4, -0.2) is 11.1 Å². The van der Waals surface area contributed by atoms with Gasteiger partial charge >= 0.3 is 5.97 Å². The summed E-state index contributed by atoms with van der Waals surface area (Å²) >= 11 is 0. The fourth-order valence-electron chi connectivity index (χ4n) is 1.88. The smallest absolute Gasteiger partial charge is 0.306 e. The summed E-state index contributed by atoms with van der Waals surface area (Å²) in [5, 5.41) is 8.83. The van der Waals surface area contributed by atoms with E-state index in [0.717, 1.165) is 24.2 Å². The van der Waals surface area contributed by atoms with Gasteiger partial charge in [-0.05, 0) is 30.9 Å². The van der Waals surface area contributed by atoms with Gasteiger partial charge < -0.3 is 9.52 Å². The molecule has 0 amide bonds. The van der Waals surface area contributed by atoms with Crippen LogP contribution in [0.2, 0.25) is 0 Å². The fourth-order valence-corrected chi connectivity index (χ4v) is 1.88. The Morgan fingerprint density at radius 1 is 1.69 bits per heavy atom. The van der Waals surface area contributed by atoms with Crippen molar-refractivity contribution in [3.8, 4) is 0 Å². The summed E-state index contributed by atoms with van der Waals surface area (Å²) in [6, 6.07) is 0. The number of fused-ring (bicyclic) bond motifs is 1. The molecule has 0 aliphatic heterocycles. The van der Waals surface area contributed by atoms with Crippen molar-refractivity contribution < 1.29 is 14.3 Å². The van der Waals surface area contributed by atoms with Crippen LogP contribution in [0.25, 0.3) is 0 Å². The van der Waals surface area contributed by atoms with Gasteiger partial charge in [-0.25, -0.2) is 0 Å². The van der Waals surface area contributed by atoms with Gasteiger partial charge in [0.2, 0.25) is 0 Å². The molecule has 1 aliphatic carbocycles. The topological polar surface area (TPSA) is 50.4 Å². The third kappa shape index (κ3) is 1.34. The average molecular weight is 180 g/mol. The molecule has 3 heteroatoms. The molecule has 1 aromatic heterocycles. The maximum absolute atomic E-state index is 10.7. The number of hydrogen-bond acceptors (Lipinski definition) is 2. The van der Waals surface area contributed by atoms with Crippen LogP contribution in [-0.2, 0) is 17.6 Å². The highest BCUT2D eigenvalue weighted by Gasteiger charge is 2.27. The molecule has 0 radical (unpaired) electrons. The van der Waals surface area contributed by atoms with Crippen molar-refractivity contribution in [3.63, 3.8) is 0 Å². The highest BCUT2D eigenvalue weighted by molar-refractivity contribution is 5.70. The molecule has 0 saturated carbocycles. The Labute approximate surface area is 76.4 Å². The van der Waals surface area contributed by atoms with Crippen molar-refractivity contribution in [2.75, 3.05) is 0 Å². The summed E-state index contributed by atoms with van der Waals surface area (Å²) in [5.41, 5.74) is 2.37. The van der Waals surface area contributed by atoms with Gasteiger partial charge in [-0.15, -0.1) is 0 Å². The van der Waals surface area contributed by atoms with E-state index in [9.17, 15) is 4.79 Å². The molecule has 70 valence electrons. The van der Waals surface area contributed by atoms with E-state index in [2.05, 4.69) is 0 Å². The van der Waals surface area contributed by atoms with Gasteiger partial charge in [-0.2, -0.15) is 0 Å². The Kier molecular flexibility index (Phi) is 1.87. The first-order valence-electron chi connectivity index (χ1n) is 4.47. The predicted octanol–water partition coefficient (Wildman–Crippen LogP) is 1.78. The summed E-state index contributed by atoms with van der Waals surface area (Å²) in [4.78, 5) is 10.7. The minimum absolute atomic E-state index is 0.252. The molecule has 1 N–H and O–H groups in total. The lowest BCUT2D eigenvalue weighted by Gasteiger charge is -2.17. The highest BCUT2D eigenvalue weighted by atomic mass is 16.4. The lowest BCUT2D eigenvalue weighted by Crippen LogP contribution is -2.21. The maximum Gasteiger partial charge on any atom is 0.306 e. The molecule has 13 heavy (non-hydrogen) atoms. The van der Waals surface area contributed by atoms with Crippen LogP contribution in [0.1, 0.15) is 23.3 Å². The van der Waals surface area contributed by atoms with E-state index in [1.54, 1.807) is 6.26 Å². The quantitative estimate of drug-likeness (QED) is 0.716. The van der Waals surface area contributed by atoms with Crippen LogP contribution in [0.5, 0.6) is 0 Å². The van der Waals surface area contributed by atoms with Crippen molar-refractivity contribution in [3.05, 3.63) is 23.2 Å². The standard InChI is InChI=1S/C10H12O3/c1-6-5-13-9-4-7(10(11)12)2-3-8(6)9/h5,7H,2-4H2,1H3,(H,11,12). The number of carbonyl (C=O) groups is 1. The molecule has 3 nitrogen and oxygen atoms in total. The Balaban J connectivity index is 2.25. The Hall–Kier alpha value is -1.25. The van der Waals surface area contributed by atoms with E-state index in [4.69, 9.17) is 9.52 Å². The molecule has 0 fully saturated rings. The number of carboxylic acid groups (broad SMARTS) is 1. The zero-order valence-corrected chi connectivity index (χ0v) is 7.54. The molecule has 1 aliphatic rings. The molecule has 0 aromatic carbocycles. The van der Waals surface area contributed by atoms with Gasteiger partial charge in [0.15, 0.2) is 0 Å². The molecule has 0 saturated heterocycles. The second kappa shape index (κ2) is 2.91. The van der Waals surface area contributed by atoms with Gasteiger partial charge in [-0.3, -0.25) is 4.79 Å². The van der Waals surface area contributed by atoms with E-state index in [0.29, 0.717) is 6.42 Å². The number of furan rings is 1. The van der Waals surface area contributed by atoms with Crippen LogP contribution in [0.3, 0.4) is 0 Å². The summed E-state index contributed by atoms with van der Waals surface area (Å²) in [7, 11) is 0. The Bertz CT molecular complexity index is 338. The first kappa shape index (κ1) is 8.35. The van der Waals surface area contributed by atoms with Gasteiger partial charge in [0.05, 0.1) is 12.2 Å². The van der Waals surface area contributed by atoms with Crippen LogP contribution in [0, 0.1) is 12.8 Å². The second-order valence-corrected chi connectivity index (χ2v) is 3.60. The van der Waals surface area contributed by atoms with Crippen molar-refractivity contribution in [2.45, 2.75) is 26.2 Å². The fraction of sp³-hybridized carbons (Fsp3) is 0.500. The third-order valence-corrected chi connectivity index (χ3v) is 2.71. The van der Waals surface area contributed by atoms with Crippen LogP contribution in [0.4, 0.5) is 0 Å². The molecule has 0 bridgehead atoms. The summed E-state index contributed by atoms with van der Waals surface area (Å²) in [6.07, 6.45) is 3.85. The van der Waals surface area contributed by atoms with E-state index >= 15 is 0 Å². The highest BCUT2D eigenvalue weighted by Crippen LogP contribution is 2.29. The van der Waals surface area contributed by atoms with E-state index < -0.39 is 5.97 Å². The molecular weight excluding hydrogens is 168 g/mol.